The van der Waals surface area contributed by atoms with Gasteiger partial charge in [-0.15, -0.1) is 0 Å². The molecule has 0 aliphatic carbocycles. The molecule has 2 N–H and O–H groups in total. The van der Waals surface area contributed by atoms with Crippen molar-refractivity contribution in [2.45, 2.75) is 30.6 Å². The summed E-state index contributed by atoms with van der Waals surface area (Å²) < 4.78 is 0. The zero-order valence-corrected chi connectivity index (χ0v) is 11.2. The summed E-state index contributed by atoms with van der Waals surface area (Å²) in [6, 6.07) is 0. The highest BCUT2D eigenvalue weighted by molar-refractivity contribution is 8.00. The number of hydrogen-bond donors (Lipinski definition) is 1. The molecule has 2 unspecified atom stereocenters. The lowest BCUT2D eigenvalue weighted by Gasteiger charge is -2.39. The fourth-order valence-corrected chi connectivity index (χ4v) is 4.99. The lowest BCUT2D eigenvalue weighted by molar-refractivity contribution is 0.123. The summed E-state index contributed by atoms with van der Waals surface area (Å²) in [7, 11) is 0. The molecule has 15 heavy (non-hydrogen) atoms. The molecule has 2 aliphatic rings. The normalized spacial score (nSPS) is 39.2. The Morgan fingerprint density at radius 1 is 1.40 bits per heavy atom. The van der Waals surface area contributed by atoms with E-state index in [0.29, 0.717) is 5.54 Å². The molecule has 0 spiro atoms. The smallest absolute Gasteiger partial charge is 0.0432 e. The molecule has 2 saturated heterocycles. The highest BCUT2D eigenvalue weighted by Crippen LogP contribution is 2.38. The average molecular weight is 246 g/mol. The van der Waals surface area contributed by atoms with E-state index >= 15 is 0 Å². The molecule has 0 aromatic heterocycles. The predicted molar refractivity (Wildman–Crippen MR) is 71.8 cm³/mol. The Morgan fingerprint density at radius 2 is 2.27 bits per heavy atom. The van der Waals surface area contributed by atoms with E-state index in [1.807, 2.05) is 0 Å². The van der Waals surface area contributed by atoms with Crippen molar-refractivity contribution >= 4 is 23.5 Å². The average Bonchev–Trinajstić information content (AvgIpc) is 2.49. The van der Waals surface area contributed by atoms with E-state index in [0.717, 1.165) is 11.8 Å². The molecule has 88 valence electrons. The minimum Gasteiger partial charge on any atom is -0.329 e. The highest BCUT2D eigenvalue weighted by Gasteiger charge is 2.41. The molecule has 2 heterocycles. The number of hydrogen-bond acceptors (Lipinski definition) is 4. The summed E-state index contributed by atoms with van der Waals surface area (Å²) in [4.78, 5) is 2.68. The van der Waals surface area contributed by atoms with Gasteiger partial charge in [-0.3, -0.25) is 4.90 Å². The zero-order valence-electron chi connectivity index (χ0n) is 9.58. The van der Waals surface area contributed by atoms with Crippen LogP contribution in [0.25, 0.3) is 0 Å². The summed E-state index contributed by atoms with van der Waals surface area (Å²) in [6.45, 7) is 5.69. The van der Waals surface area contributed by atoms with Crippen LogP contribution >= 0.6 is 23.5 Å². The quantitative estimate of drug-likeness (QED) is 0.802. The van der Waals surface area contributed by atoms with Crippen molar-refractivity contribution in [3.63, 3.8) is 0 Å². The number of nitrogens with zero attached hydrogens (tertiary/aromatic N) is 1. The molecule has 2 aliphatic heterocycles. The second-order valence-electron chi connectivity index (χ2n) is 4.71. The van der Waals surface area contributed by atoms with Crippen molar-refractivity contribution in [1.29, 1.82) is 0 Å². The molecule has 2 nitrogen and oxygen atoms in total. The van der Waals surface area contributed by atoms with Crippen LogP contribution in [-0.2, 0) is 0 Å². The van der Waals surface area contributed by atoms with Crippen molar-refractivity contribution in [2.24, 2.45) is 5.73 Å². The Bertz CT molecular complexity index is 205. The molecule has 0 aromatic rings. The summed E-state index contributed by atoms with van der Waals surface area (Å²) in [5.41, 5.74) is 6.38. The van der Waals surface area contributed by atoms with Gasteiger partial charge in [0.2, 0.25) is 0 Å². The van der Waals surface area contributed by atoms with Crippen molar-refractivity contribution in [3.05, 3.63) is 0 Å². The van der Waals surface area contributed by atoms with Gasteiger partial charge >= 0.3 is 0 Å². The van der Waals surface area contributed by atoms with Gasteiger partial charge in [-0.1, -0.05) is 6.92 Å². The second kappa shape index (κ2) is 5.30. The van der Waals surface area contributed by atoms with Crippen molar-refractivity contribution in [1.82, 2.24) is 4.90 Å². The largest absolute Gasteiger partial charge is 0.329 e. The van der Waals surface area contributed by atoms with Gasteiger partial charge in [-0.2, -0.15) is 23.5 Å². The number of thioether (sulfide) groups is 2. The molecular weight excluding hydrogens is 224 g/mol. The van der Waals surface area contributed by atoms with Gasteiger partial charge in [-0.25, -0.2) is 0 Å². The fourth-order valence-electron chi connectivity index (χ4n) is 2.66. The standard InChI is InChI=1S/C11H22N2S2/c1-10-7-11(8-12,9-15-10)13-3-2-5-14-6-4-13/h10H,2-9,12H2,1H3. The molecule has 0 radical (unpaired) electrons. The van der Waals surface area contributed by atoms with Crippen molar-refractivity contribution in [2.75, 3.05) is 36.9 Å². The molecular formula is C11H22N2S2. The maximum Gasteiger partial charge on any atom is 0.0432 e. The summed E-state index contributed by atoms with van der Waals surface area (Å²) >= 11 is 4.20. The Balaban J connectivity index is 2.03. The van der Waals surface area contributed by atoms with Crippen LogP contribution in [0.4, 0.5) is 0 Å². The third-order valence-corrected chi connectivity index (χ3v) is 6.07. The molecule has 0 aromatic carbocycles. The van der Waals surface area contributed by atoms with Crippen LogP contribution < -0.4 is 5.73 Å². The summed E-state index contributed by atoms with van der Waals surface area (Å²) in [5.74, 6) is 3.87. The van der Waals surface area contributed by atoms with Crippen LogP contribution in [0, 0.1) is 0 Å². The van der Waals surface area contributed by atoms with Gasteiger partial charge < -0.3 is 5.73 Å². The van der Waals surface area contributed by atoms with Gasteiger partial charge in [0.05, 0.1) is 0 Å². The minimum atomic E-state index is 0.328. The van der Waals surface area contributed by atoms with Gasteiger partial charge in [-0.05, 0) is 25.1 Å². The number of nitrogens with two attached hydrogens (primary N) is 1. The fraction of sp³-hybridized carbons (Fsp3) is 1.00. The molecule has 2 rings (SSSR count). The molecule has 0 amide bonds. The molecule has 2 atom stereocenters. The first kappa shape index (κ1) is 12.1. The maximum atomic E-state index is 6.05. The molecule has 0 bridgehead atoms. The third-order valence-electron chi connectivity index (χ3n) is 3.58. The first-order valence-corrected chi connectivity index (χ1v) is 8.12. The number of rotatable bonds is 2. The van der Waals surface area contributed by atoms with Gasteiger partial charge in [0.1, 0.15) is 0 Å². The van der Waals surface area contributed by atoms with Gasteiger partial charge in [0.15, 0.2) is 0 Å². The van der Waals surface area contributed by atoms with E-state index in [2.05, 4.69) is 35.3 Å². The minimum absolute atomic E-state index is 0.328. The summed E-state index contributed by atoms with van der Waals surface area (Å²) in [5, 5.41) is 0.796. The van der Waals surface area contributed by atoms with E-state index in [1.54, 1.807) is 0 Å². The first-order valence-electron chi connectivity index (χ1n) is 5.91. The summed E-state index contributed by atoms with van der Waals surface area (Å²) in [6.07, 6.45) is 2.63. The third kappa shape index (κ3) is 2.65. The topological polar surface area (TPSA) is 29.3 Å². The van der Waals surface area contributed by atoms with E-state index in [1.165, 1.54) is 43.2 Å². The maximum absolute atomic E-state index is 6.05. The Morgan fingerprint density at radius 3 is 2.93 bits per heavy atom. The van der Waals surface area contributed by atoms with Gasteiger partial charge in [0.25, 0.3) is 0 Å². The molecule has 0 saturated carbocycles. The first-order chi connectivity index (χ1) is 7.27. The van der Waals surface area contributed by atoms with E-state index in [9.17, 15) is 0 Å². The van der Waals surface area contributed by atoms with Crippen LogP contribution in [-0.4, -0.2) is 52.6 Å². The van der Waals surface area contributed by atoms with Gasteiger partial charge in [0, 0.05) is 35.4 Å². The highest BCUT2D eigenvalue weighted by atomic mass is 32.2. The lowest BCUT2D eigenvalue weighted by atomic mass is 9.93. The van der Waals surface area contributed by atoms with E-state index < -0.39 is 0 Å². The van der Waals surface area contributed by atoms with Crippen LogP contribution in [0.1, 0.15) is 19.8 Å². The van der Waals surface area contributed by atoms with E-state index in [-0.39, 0.29) is 0 Å². The molecule has 2 fully saturated rings. The zero-order chi connectivity index (χ0) is 10.7. The van der Waals surface area contributed by atoms with E-state index in [4.69, 9.17) is 5.73 Å². The Hall–Kier alpha value is 0.620. The van der Waals surface area contributed by atoms with Crippen molar-refractivity contribution in [3.8, 4) is 0 Å². The van der Waals surface area contributed by atoms with Crippen LogP contribution in [0.5, 0.6) is 0 Å². The Kier molecular flexibility index (Phi) is 4.27. The Labute approximate surface area is 102 Å². The second-order valence-corrected chi connectivity index (χ2v) is 7.36. The van der Waals surface area contributed by atoms with Crippen LogP contribution in [0.15, 0.2) is 0 Å². The SMILES string of the molecule is CC1CC(CN)(N2CCCSCC2)CS1. The predicted octanol–water partition coefficient (Wildman–Crippen LogP) is 1.65. The van der Waals surface area contributed by atoms with Crippen molar-refractivity contribution < 1.29 is 0 Å². The van der Waals surface area contributed by atoms with Crippen LogP contribution in [0.3, 0.4) is 0 Å². The van der Waals surface area contributed by atoms with Crippen LogP contribution in [0.2, 0.25) is 0 Å². The molecule has 4 heteroatoms. The lowest BCUT2D eigenvalue weighted by Crippen LogP contribution is -2.55. The monoisotopic (exact) mass is 246 g/mol.